The van der Waals surface area contributed by atoms with Crippen molar-refractivity contribution in [3.8, 4) is 50.9 Å². The third kappa shape index (κ3) is 7.10. The van der Waals surface area contributed by atoms with Crippen LogP contribution in [0.25, 0.3) is 72.3 Å². The minimum absolute atomic E-state index is 0.0320. The summed E-state index contributed by atoms with van der Waals surface area (Å²) in [5.74, 6) is 3.03. The molecule has 6 aliphatic rings. The lowest BCUT2D eigenvalue weighted by Crippen LogP contribution is -2.32. The standard InChI is InChI=1S/C80H56N4O/c1-80(2,3)50-40-41-81-74(44-50)84-70-31-13-12-20-56(70)57-39-36-53(46-73(57)84)85-52-19-16-18-51(45-52)82-47-83(72-33-15-14-32-71(72)82)79-54(48-34-37-66-68(42-48)77-62-25-8-4-21-58(62)75(66)59-22-5-9-26-63(59)77)29-17-30-55(79)49-35-38-67-69(43-49)78-64-27-10-6-23-60(64)76(67)61-24-7-11-28-65(61)78/h4-46,75-78H,1-3H3. The third-order valence-electron chi connectivity index (χ3n) is 19.1. The van der Waals surface area contributed by atoms with E-state index in [4.69, 9.17) is 9.72 Å². The lowest BCUT2D eigenvalue weighted by Gasteiger charge is -2.42. The fourth-order valence-corrected chi connectivity index (χ4v) is 15.4. The number of pyridine rings is 1. The fraction of sp³-hybridized carbons (Fsp3) is 0.100. The number of nitrogens with zero attached hydrogens (tertiary/aromatic N) is 4. The van der Waals surface area contributed by atoms with Gasteiger partial charge in [0.05, 0.1) is 33.4 Å². The van der Waals surface area contributed by atoms with Gasteiger partial charge in [-0.15, -0.1) is 0 Å². The summed E-state index contributed by atoms with van der Waals surface area (Å²) in [6.45, 7) is 6.74. The van der Waals surface area contributed by atoms with Crippen molar-refractivity contribution < 1.29 is 9.30 Å². The number of rotatable bonds is 7. The van der Waals surface area contributed by atoms with Crippen LogP contribution in [-0.4, -0.2) is 14.1 Å². The van der Waals surface area contributed by atoms with Gasteiger partial charge in [-0.05, 0) is 149 Å². The molecule has 4 bridgehead atoms. The van der Waals surface area contributed by atoms with Crippen LogP contribution < -0.4 is 9.30 Å². The first-order valence-corrected chi connectivity index (χ1v) is 29.8. The monoisotopic (exact) mass is 1090 g/mol. The first-order chi connectivity index (χ1) is 41.8. The van der Waals surface area contributed by atoms with E-state index in [0.717, 1.165) is 67.3 Å². The smallest absolute Gasteiger partial charge is 0.269 e. The lowest BCUT2D eigenvalue weighted by molar-refractivity contribution is -0.571. The highest BCUT2D eigenvalue weighted by molar-refractivity contribution is 6.09. The van der Waals surface area contributed by atoms with Gasteiger partial charge < -0.3 is 4.74 Å². The summed E-state index contributed by atoms with van der Waals surface area (Å²) in [6.07, 6.45) is 5.94. The Balaban J connectivity index is 0.797. The Morgan fingerprint density at radius 3 is 1.46 bits per heavy atom. The molecule has 6 aliphatic carbocycles. The molecule has 0 fully saturated rings. The van der Waals surface area contributed by atoms with Crippen LogP contribution in [0.2, 0.25) is 0 Å². The van der Waals surface area contributed by atoms with Crippen molar-refractivity contribution in [2.45, 2.75) is 49.9 Å². The molecule has 14 aromatic rings. The molecule has 0 radical (unpaired) electrons. The fourth-order valence-electron chi connectivity index (χ4n) is 15.4. The molecule has 5 nitrogen and oxygen atoms in total. The molecule has 0 atom stereocenters. The highest BCUT2D eigenvalue weighted by Gasteiger charge is 2.43. The van der Waals surface area contributed by atoms with E-state index in [0.29, 0.717) is 0 Å². The van der Waals surface area contributed by atoms with Gasteiger partial charge in [-0.3, -0.25) is 13.7 Å². The van der Waals surface area contributed by atoms with E-state index in [9.17, 15) is 0 Å². The molecule has 11 aromatic carbocycles. The van der Waals surface area contributed by atoms with E-state index in [1.165, 1.54) is 88.8 Å². The van der Waals surface area contributed by atoms with Gasteiger partial charge in [0.1, 0.15) is 17.3 Å². The normalized spacial score (nSPS) is 16.6. The van der Waals surface area contributed by atoms with Crippen LogP contribution in [0.3, 0.4) is 0 Å². The van der Waals surface area contributed by atoms with Crippen molar-refractivity contribution in [2.75, 3.05) is 0 Å². The second kappa shape index (κ2) is 18.1. The van der Waals surface area contributed by atoms with Crippen LogP contribution in [0.1, 0.15) is 117 Å². The molecule has 0 amide bonds. The summed E-state index contributed by atoms with van der Waals surface area (Å²) in [6, 6.07) is 94.5. The maximum atomic E-state index is 6.92. The van der Waals surface area contributed by atoms with Gasteiger partial charge in [0.25, 0.3) is 6.33 Å². The van der Waals surface area contributed by atoms with Gasteiger partial charge in [0.15, 0.2) is 0 Å². The molecule has 0 N–H and O–H groups in total. The number of hydrogen-bond donors (Lipinski definition) is 0. The van der Waals surface area contributed by atoms with E-state index >= 15 is 0 Å². The van der Waals surface area contributed by atoms with E-state index in [1.807, 2.05) is 12.3 Å². The summed E-state index contributed by atoms with van der Waals surface area (Å²) in [7, 11) is 0. The van der Waals surface area contributed by atoms with Crippen LogP contribution >= 0.6 is 0 Å². The first kappa shape index (κ1) is 48.2. The zero-order valence-corrected chi connectivity index (χ0v) is 47.3. The Labute approximate surface area is 494 Å². The van der Waals surface area contributed by atoms with Crippen LogP contribution in [0.15, 0.2) is 261 Å². The van der Waals surface area contributed by atoms with Gasteiger partial charge >= 0.3 is 0 Å². The topological polar surface area (TPSA) is 35.9 Å². The van der Waals surface area contributed by atoms with Gasteiger partial charge in [-0.2, -0.15) is 0 Å². The van der Waals surface area contributed by atoms with Crippen molar-refractivity contribution in [3.05, 3.63) is 340 Å². The number of ether oxygens (including phenoxy) is 1. The molecule has 20 rings (SSSR count). The van der Waals surface area contributed by atoms with Crippen molar-refractivity contribution >= 4 is 32.8 Å². The van der Waals surface area contributed by atoms with Gasteiger partial charge in [0.2, 0.25) is 0 Å². The maximum absolute atomic E-state index is 6.92. The number of imidazole rings is 1. The highest BCUT2D eigenvalue weighted by Crippen LogP contribution is 2.58. The number of hydrogen-bond acceptors (Lipinski definition) is 2. The van der Waals surface area contributed by atoms with Gasteiger partial charge in [-0.25, -0.2) is 4.98 Å². The Bertz CT molecular complexity index is 4880. The van der Waals surface area contributed by atoms with E-state index in [2.05, 4.69) is 290 Å². The average molecular weight is 1090 g/mol. The molecule has 5 heteroatoms. The molecule has 85 heavy (non-hydrogen) atoms. The van der Waals surface area contributed by atoms with Crippen molar-refractivity contribution in [1.29, 1.82) is 0 Å². The van der Waals surface area contributed by atoms with Crippen LogP contribution in [0.4, 0.5) is 0 Å². The zero-order chi connectivity index (χ0) is 56.2. The molecule has 0 saturated carbocycles. The summed E-state index contributed by atoms with van der Waals surface area (Å²) in [5, 5.41) is 2.32. The van der Waals surface area contributed by atoms with E-state index in [1.54, 1.807) is 0 Å². The minimum Gasteiger partial charge on any atom is -0.458 e. The largest absolute Gasteiger partial charge is 0.458 e. The Morgan fingerprint density at radius 1 is 0.400 bits per heavy atom. The molecule has 3 aromatic heterocycles. The molecular formula is C80H56N4O. The minimum atomic E-state index is -0.0320. The Hall–Kier alpha value is -10.4. The summed E-state index contributed by atoms with van der Waals surface area (Å²) >= 11 is 0. The number of aromatic nitrogens is 4. The number of fused-ring (bicyclic) bond motifs is 4. The quantitative estimate of drug-likeness (QED) is 0.118. The molecule has 0 aliphatic heterocycles. The highest BCUT2D eigenvalue weighted by atomic mass is 16.5. The Morgan fingerprint density at radius 2 is 0.882 bits per heavy atom. The van der Waals surface area contributed by atoms with E-state index < -0.39 is 0 Å². The molecule has 3 heterocycles. The second-order valence-corrected chi connectivity index (χ2v) is 24.7. The molecule has 0 unspecified atom stereocenters. The summed E-state index contributed by atoms with van der Waals surface area (Å²) in [5.41, 5.74) is 29.0. The van der Waals surface area contributed by atoms with E-state index in [-0.39, 0.29) is 29.1 Å². The van der Waals surface area contributed by atoms with Gasteiger partial charge in [-0.1, -0.05) is 221 Å². The molecule has 0 spiro atoms. The molecule has 402 valence electrons. The second-order valence-electron chi connectivity index (χ2n) is 24.7. The zero-order valence-electron chi connectivity index (χ0n) is 47.3. The van der Waals surface area contributed by atoms with Crippen LogP contribution in [-0.2, 0) is 5.41 Å². The SMILES string of the molecule is CC(C)(C)c1ccnc(-n2c3ccccc3c3ccc(Oc4cccc(-n5[c-][n+](-c6c(-c7ccc8c(c7)C7c9ccccc9C8c8ccccc87)cccc6-c6ccc7c(c6)C6c8ccccc8C7c7ccccc76)c6ccccc65)c4)cc32)c1. The summed E-state index contributed by atoms with van der Waals surface area (Å²) < 4.78 is 13.7. The summed E-state index contributed by atoms with van der Waals surface area (Å²) in [4.78, 5) is 4.94. The Kier molecular flexibility index (Phi) is 10.2. The van der Waals surface area contributed by atoms with Crippen molar-refractivity contribution in [1.82, 2.24) is 14.1 Å². The lowest BCUT2D eigenvalue weighted by atomic mass is 9.61. The predicted molar refractivity (Wildman–Crippen MR) is 341 cm³/mol. The number of benzene rings is 11. The predicted octanol–water partition coefficient (Wildman–Crippen LogP) is 18.6. The maximum Gasteiger partial charge on any atom is 0.269 e. The average Bonchev–Trinajstić information content (AvgIpc) is 1.97. The van der Waals surface area contributed by atoms with Crippen LogP contribution in [0.5, 0.6) is 11.5 Å². The van der Waals surface area contributed by atoms with Crippen molar-refractivity contribution in [2.24, 2.45) is 0 Å². The molecular weight excluding hydrogens is 1030 g/mol. The van der Waals surface area contributed by atoms with Gasteiger partial charge in [0, 0.05) is 46.7 Å². The number of para-hydroxylation sites is 4. The third-order valence-corrected chi connectivity index (χ3v) is 19.1. The molecule has 0 saturated heterocycles. The van der Waals surface area contributed by atoms with Crippen molar-refractivity contribution in [3.63, 3.8) is 0 Å². The van der Waals surface area contributed by atoms with Crippen LogP contribution in [0, 0.1) is 6.33 Å². The first-order valence-electron chi connectivity index (χ1n) is 29.8.